The highest BCUT2D eigenvalue weighted by atomic mass is 32.2. The third-order valence-electron chi connectivity index (χ3n) is 13.4. The van der Waals surface area contributed by atoms with Crippen LogP contribution in [0.25, 0.3) is 11.3 Å². The third-order valence-corrected chi connectivity index (χ3v) is 14.9. The Hall–Kier alpha value is -6.68. The van der Waals surface area contributed by atoms with Crippen molar-refractivity contribution in [1.82, 2.24) is 19.9 Å². The number of amides is 3. The van der Waals surface area contributed by atoms with Crippen LogP contribution in [-0.4, -0.2) is 215 Å². The van der Waals surface area contributed by atoms with Gasteiger partial charge in [0.15, 0.2) is 0 Å². The van der Waals surface area contributed by atoms with Crippen LogP contribution in [0.2, 0.25) is 0 Å². The van der Waals surface area contributed by atoms with Gasteiger partial charge in [0.25, 0.3) is 17.7 Å². The number of aromatic nitrogens is 1. The first-order valence-corrected chi connectivity index (χ1v) is 31.8. The third kappa shape index (κ3) is 29.2. The molecule has 0 saturated heterocycles. The Morgan fingerprint density at radius 1 is 0.593 bits per heavy atom. The second-order valence-corrected chi connectivity index (χ2v) is 21.8. The molecule has 500 valence electrons. The smallest absolute Gasteiger partial charge is 0.382 e. The zero-order valence-corrected chi connectivity index (χ0v) is 53.3. The van der Waals surface area contributed by atoms with E-state index in [9.17, 15) is 36.0 Å². The number of nitrogens with zero attached hydrogens (tertiary/aromatic N) is 3. The Morgan fingerprint density at radius 2 is 1.14 bits per heavy atom. The number of anilines is 2. The predicted molar refractivity (Wildman–Crippen MR) is 335 cm³/mol. The van der Waals surface area contributed by atoms with Crippen molar-refractivity contribution in [2.45, 2.75) is 44.3 Å². The van der Waals surface area contributed by atoms with Crippen molar-refractivity contribution in [3.05, 3.63) is 143 Å². The number of sulfonamides is 1. The van der Waals surface area contributed by atoms with Crippen molar-refractivity contribution in [2.24, 2.45) is 0 Å². The molecule has 1 heterocycles. The Balaban J connectivity index is 0.871. The largest absolute Gasteiger partial charge is 0.424 e. The Kier molecular flexibility index (Phi) is 35.6. The highest BCUT2D eigenvalue weighted by Crippen LogP contribution is 2.33. The number of hydrogen-bond acceptors (Lipinski definition) is 18. The molecular weight excluding hydrogens is 1210 g/mol. The highest BCUT2D eigenvalue weighted by Gasteiger charge is 2.31. The molecule has 0 unspecified atom stereocenters. The van der Waals surface area contributed by atoms with Crippen molar-refractivity contribution in [1.29, 1.82) is 0 Å². The van der Waals surface area contributed by atoms with E-state index in [4.69, 9.17) is 52.1 Å². The van der Waals surface area contributed by atoms with Crippen molar-refractivity contribution in [3.8, 4) is 11.3 Å². The molecule has 4 aromatic carbocycles. The lowest BCUT2D eigenvalue weighted by atomic mass is 10.0. The van der Waals surface area contributed by atoms with E-state index >= 15 is 0 Å². The lowest BCUT2D eigenvalue weighted by Crippen LogP contribution is -2.30. The number of halogens is 3. The molecule has 0 saturated carbocycles. The molecule has 0 aliphatic heterocycles. The van der Waals surface area contributed by atoms with Gasteiger partial charge in [0.05, 0.1) is 148 Å². The lowest BCUT2D eigenvalue weighted by molar-refractivity contribution is -0.137. The summed E-state index contributed by atoms with van der Waals surface area (Å²) in [7, 11) is -0.570. The molecule has 3 amide bonds. The predicted octanol–water partition coefficient (Wildman–Crippen LogP) is 7.19. The molecule has 1 aromatic heterocycles. The van der Waals surface area contributed by atoms with Gasteiger partial charge in [-0.1, -0.05) is 24.3 Å². The van der Waals surface area contributed by atoms with Gasteiger partial charge < -0.3 is 72.5 Å². The molecule has 91 heavy (non-hydrogen) atoms. The Labute approximate surface area is 532 Å². The fourth-order valence-corrected chi connectivity index (χ4v) is 9.56. The first kappa shape index (κ1) is 75.0. The number of aryl methyl sites for hydroxylation is 1. The van der Waals surface area contributed by atoms with Crippen LogP contribution in [0, 0.1) is 12.1 Å². The highest BCUT2D eigenvalue weighted by molar-refractivity contribution is 7.89. The molecule has 0 atom stereocenters. The molecule has 0 bridgehead atoms. The summed E-state index contributed by atoms with van der Waals surface area (Å²) < 4.78 is 128. The van der Waals surface area contributed by atoms with Crippen LogP contribution in [0.4, 0.5) is 24.5 Å². The molecule has 0 radical (unpaired) electrons. The average Bonchev–Trinajstić information content (AvgIpc) is 1.17. The van der Waals surface area contributed by atoms with Gasteiger partial charge in [-0.05, 0) is 117 Å². The SMILES string of the molecule is CCN(CC)c1ccc(NC(=O)c2cccc(CCCOCCOCCOCCOCCNS(=O)(=O)c3ccc(C(=O)N(C)CCOCCOCCOCCOCCOCCOCCOC)cc3)c2)c(-c2cc(C(=O)NCc3cc#cc(C(F)(F)F)c3)ccn2)c1. The standard InChI is InChI=1S/C65H87F3N6O16S/c1-5-74(6-2)57-17-20-60(59(49-57)61-48-55(21-22-69-61)62(75)70-50-52-11-8-14-56(47-52)65(66,67)68)72-63(76)54-13-7-10-51(46-54)12-9-25-81-30-33-85-38-39-86-34-31-82-26-23-71-91(78,79)58-18-15-53(16-19-58)64(77)73(3)24-27-83-32-35-87-40-41-89-44-45-90-43-42-88-37-36-84-29-28-80-4/h7,10-11,13,15-22,46-49,71H,5-6,9,12,23-45,50H2,1-4H3,(H,70,75)(H,72,76). The van der Waals surface area contributed by atoms with Crippen LogP contribution in [-0.2, 0) is 81.3 Å². The minimum absolute atomic E-state index is 0.0182. The number of carbonyl (C=O) groups excluding carboxylic acids is 3. The minimum Gasteiger partial charge on any atom is -0.382 e. The molecule has 0 fully saturated rings. The number of methoxy groups -OCH3 is 1. The lowest BCUT2D eigenvalue weighted by Gasteiger charge is -2.23. The van der Waals surface area contributed by atoms with E-state index in [0.717, 1.165) is 30.4 Å². The molecule has 3 N–H and O–H groups in total. The Bertz CT molecular complexity index is 3000. The monoisotopic (exact) mass is 1300 g/mol. The second kappa shape index (κ2) is 43.2. The molecule has 0 aliphatic carbocycles. The summed E-state index contributed by atoms with van der Waals surface area (Å²) in [5.41, 5.74) is 3.50. The number of rotatable bonds is 49. The number of alkyl halides is 3. The first-order chi connectivity index (χ1) is 44.1. The van der Waals surface area contributed by atoms with E-state index in [1.807, 2.05) is 44.2 Å². The normalized spacial score (nSPS) is 11.6. The maximum Gasteiger partial charge on any atom is 0.424 e. The molecule has 26 heteroatoms. The van der Waals surface area contributed by atoms with Crippen LogP contribution >= 0.6 is 0 Å². The van der Waals surface area contributed by atoms with E-state index in [2.05, 4.69) is 37.4 Å². The van der Waals surface area contributed by atoms with Crippen LogP contribution in [0.15, 0.2) is 102 Å². The quantitative estimate of drug-likeness (QED) is 0.0326. The molecule has 5 rings (SSSR count). The summed E-state index contributed by atoms with van der Waals surface area (Å²) in [6, 6.07) is 28.3. The first-order valence-electron chi connectivity index (χ1n) is 30.3. The fourth-order valence-electron chi connectivity index (χ4n) is 8.54. The molecular formula is C65H87F3N6O16S. The molecule has 22 nitrogen and oxygen atoms in total. The van der Waals surface area contributed by atoms with Crippen LogP contribution in [0.1, 0.15) is 68.0 Å². The Morgan fingerprint density at radius 3 is 1.71 bits per heavy atom. The van der Waals surface area contributed by atoms with Crippen molar-refractivity contribution in [2.75, 3.05) is 189 Å². The number of hydrogen-bond donors (Lipinski definition) is 3. The van der Waals surface area contributed by atoms with E-state index in [-0.39, 0.29) is 60.7 Å². The van der Waals surface area contributed by atoms with Crippen LogP contribution < -0.4 is 20.3 Å². The van der Waals surface area contributed by atoms with Gasteiger partial charge in [-0.3, -0.25) is 19.4 Å². The summed E-state index contributed by atoms with van der Waals surface area (Å²) in [5, 5.41) is 5.70. The minimum atomic E-state index is -4.60. The number of carbonyl (C=O) groups is 3. The number of likely N-dealkylation sites (N-methyl/N-ethyl adjacent to an activating group) is 1. The van der Waals surface area contributed by atoms with Gasteiger partial charge in [-0.15, -0.1) is 0 Å². The average molecular weight is 1300 g/mol. The summed E-state index contributed by atoms with van der Waals surface area (Å²) >= 11 is 0. The summed E-state index contributed by atoms with van der Waals surface area (Å²) in [6.45, 7) is 14.1. The van der Waals surface area contributed by atoms with E-state index < -0.39 is 27.7 Å². The summed E-state index contributed by atoms with van der Waals surface area (Å²) in [4.78, 5) is 48.2. The maximum atomic E-state index is 13.8. The zero-order chi connectivity index (χ0) is 65.4. The van der Waals surface area contributed by atoms with E-state index in [0.29, 0.717) is 166 Å². The number of ether oxygens (including phenoxy) is 11. The van der Waals surface area contributed by atoms with Gasteiger partial charge in [-0.2, -0.15) is 13.2 Å². The molecule has 0 spiro atoms. The second-order valence-electron chi connectivity index (χ2n) is 20.1. The number of pyridine rings is 1. The van der Waals surface area contributed by atoms with Gasteiger partial charge >= 0.3 is 6.18 Å². The number of nitrogens with one attached hydrogen (secondary N) is 3. The topological polar surface area (TPSA) is 242 Å². The van der Waals surface area contributed by atoms with Gasteiger partial charge in [0, 0.05) is 87.6 Å². The fraction of sp³-hybridized carbons (Fsp3) is 0.508. The number of benzene rings is 3. The zero-order valence-electron chi connectivity index (χ0n) is 52.5. The van der Waals surface area contributed by atoms with Gasteiger partial charge in [-0.25, -0.2) is 13.1 Å². The van der Waals surface area contributed by atoms with Crippen molar-refractivity contribution in [3.63, 3.8) is 0 Å². The van der Waals surface area contributed by atoms with Gasteiger partial charge in [0.2, 0.25) is 10.0 Å². The van der Waals surface area contributed by atoms with Crippen molar-refractivity contribution >= 4 is 39.1 Å². The maximum absolute atomic E-state index is 13.8. The molecule has 5 aromatic rings. The van der Waals surface area contributed by atoms with E-state index in [1.54, 1.807) is 32.4 Å². The van der Waals surface area contributed by atoms with Crippen LogP contribution in [0.5, 0.6) is 0 Å². The molecule has 0 aliphatic rings. The summed E-state index contributed by atoms with van der Waals surface area (Å²) in [6.07, 6.45) is -1.77. The van der Waals surface area contributed by atoms with E-state index in [1.165, 1.54) is 47.5 Å². The van der Waals surface area contributed by atoms with Crippen LogP contribution in [0.3, 0.4) is 0 Å². The van der Waals surface area contributed by atoms with Gasteiger partial charge in [0.1, 0.15) is 5.56 Å². The summed E-state index contributed by atoms with van der Waals surface area (Å²) in [5.74, 6) is -1.15. The van der Waals surface area contributed by atoms with Crippen molar-refractivity contribution < 1.29 is 88.1 Å².